The lowest BCUT2D eigenvalue weighted by Crippen LogP contribution is -2.39. The Bertz CT molecular complexity index is 1970. The van der Waals surface area contributed by atoms with Crippen LogP contribution in [0, 0.1) is 19.3 Å². The Hall–Kier alpha value is -4.12. The number of aromatic nitrogens is 1. The Morgan fingerprint density at radius 1 is 0.714 bits per heavy atom. The second-order valence-electron chi connectivity index (χ2n) is 18.2. The molecule has 0 radical (unpaired) electrons. The number of rotatable bonds is 4. The molecule has 4 aromatic rings. The van der Waals surface area contributed by atoms with E-state index in [0.29, 0.717) is 12.5 Å². The van der Waals surface area contributed by atoms with Crippen molar-refractivity contribution in [3.05, 3.63) is 106 Å². The Labute approximate surface area is 294 Å². The molecule has 0 unspecified atom stereocenters. The van der Waals surface area contributed by atoms with E-state index in [9.17, 15) is 0 Å². The molecule has 0 amide bonds. The van der Waals surface area contributed by atoms with E-state index >= 15 is 0 Å². The summed E-state index contributed by atoms with van der Waals surface area (Å²) >= 11 is 0. The first-order chi connectivity index (χ1) is 22.6. The summed E-state index contributed by atoms with van der Waals surface area (Å²) in [5, 5.41) is 0. The van der Waals surface area contributed by atoms with Crippen molar-refractivity contribution in [2.24, 2.45) is 10.4 Å². The van der Waals surface area contributed by atoms with Crippen molar-refractivity contribution in [3.63, 3.8) is 0 Å². The molecule has 0 spiro atoms. The van der Waals surface area contributed by atoms with E-state index in [0.717, 1.165) is 45.4 Å². The molecule has 1 atom stereocenters. The van der Waals surface area contributed by atoms with Crippen LogP contribution in [-0.2, 0) is 21.0 Å². The number of aliphatic imine (C=N–C) groups is 1. The Morgan fingerprint density at radius 2 is 1.39 bits per heavy atom. The van der Waals surface area contributed by atoms with Gasteiger partial charge in [-0.2, -0.15) is 0 Å². The Kier molecular flexibility index (Phi) is 8.13. The van der Waals surface area contributed by atoms with E-state index in [-0.39, 0.29) is 27.2 Å². The van der Waals surface area contributed by atoms with Crippen LogP contribution in [0.15, 0.2) is 71.9 Å². The predicted molar refractivity (Wildman–Crippen MR) is 205 cm³/mol. The number of ether oxygens (including phenoxy) is 2. The Balaban J connectivity index is 1.47. The molecule has 2 aliphatic heterocycles. The van der Waals surface area contributed by atoms with Crippen molar-refractivity contribution in [1.29, 1.82) is 0 Å². The highest BCUT2D eigenvalue weighted by molar-refractivity contribution is 5.96. The highest BCUT2D eigenvalue weighted by atomic mass is 16.5. The minimum absolute atomic E-state index is 0.0313. The zero-order chi connectivity index (χ0) is 35.9. The van der Waals surface area contributed by atoms with Gasteiger partial charge in [-0.25, -0.2) is 9.98 Å². The standard InChI is InChI=1S/C44H55N3O2/c1-27-17-32(47-37-16-15-30(40(3,4)5)23-35(37)43(12,13)36-19-28(2)25-45-38(36)47)24-33(18-27)49-34-21-29(20-31(22-34)41(6,7)8)39-46-44(14,26-48-39)42(9,10)11/h15-25H,26H2,1-14H3/t44-/m0/s1. The second kappa shape index (κ2) is 11.5. The molecule has 0 saturated carbocycles. The SMILES string of the molecule is Cc1cc(Oc2cc(C3=N[C@](C)(C(C)(C)C)CO3)cc(C(C)(C)C)c2)cc(N2c3ccc(C(C)(C)C)cc3C(C)(C)c3cc(C)cnc32)c1. The van der Waals surface area contributed by atoms with Gasteiger partial charge in [-0.15, -0.1) is 0 Å². The molecule has 0 fully saturated rings. The molecular formula is C44H55N3O2. The summed E-state index contributed by atoms with van der Waals surface area (Å²) in [5.74, 6) is 3.17. The van der Waals surface area contributed by atoms with Crippen LogP contribution in [0.1, 0.15) is 122 Å². The third-order valence-corrected chi connectivity index (χ3v) is 10.7. The maximum atomic E-state index is 6.79. The summed E-state index contributed by atoms with van der Waals surface area (Å²) in [6.45, 7) is 31.8. The van der Waals surface area contributed by atoms with E-state index in [1.807, 2.05) is 6.20 Å². The third-order valence-electron chi connectivity index (χ3n) is 10.7. The number of nitrogens with zero attached hydrogens (tertiary/aromatic N) is 3. The molecule has 258 valence electrons. The average Bonchev–Trinajstić information content (AvgIpc) is 3.40. The van der Waals surface area contributed by atoms with E-state index in [1.54, 1.807) is 0 Å². The van der Waals surface area contributed by atoms with Crippen LogP contribution in [-0.4, -0.2) is 23.0 Å². The molecule has 3 heterocycles. The monoisotopic (exact) mass is 657 g/mol. The van der Waals surface area contributed by atoms with Crippen molar-refractivity contribution in [2.75, 3.05) is 11.5 Å². The first-order valence-electron chi connectivity index (χ1n) is 17.7. The molecule has 2 aliphatic rings. The molecule has 49 heavy (non-hydrogen) atoms. The van der Waals surface area contributed by atoms with Gasteiger partial charge in [0.15, 0.2) is 0 Å². The van der Waals surface area contributed by atoms with Crippen LogP contribution < -0.4 is 9.64 Å². The second-order valence-corrected chi connectivity index (χ2v) is 18.2. The topological polar surface area (TPSA) is 47.0 Å². The molecule has 5 nitrogen and oxygen atoms in total. The number of anilines is 3. The number of pyridine rings is 1. The Morgan fingerprint density at radius 3 is 2.02 bits per heavy atom. The normalized spacial score (nSPS) is 18.8. The van der Waals surface area contributed by atoms with Crippen molar-refractivity contribution in [2.45, 2.75) is 119 Å². The highest BCUT2D eigenvalue weighted by Crippen LogP contribution is 2.52. The van der Waals surface area contributed by atoms with Crippen molar-refractivity contribution >= 4 is 23.1 Å². The maximum Gasteiger partial charge on any atom is 0.216 e. The van der Waals surface area contributed by atoms with Gasteiger partial charge in [-0.05, 0) is 107 Å². The molecule has 0 bridgehead atoms. The molecule has 0 saturated heterocycles. The van der Waals surface area contributed by atoms with Crippen molar-refractivity contribution in [3.8, 4) is 11.5 Å². The quantitative estimate of drug-likeness (QED) is 0.219. The minimum Gasteiger partial charge on any atom is -0.475 e. The smallest absolute Gasteiger partial charge is 0.216 e. The van der Waals surface area contributed by atoms with Gasteiger partial charge in [0.1, 0.15) is 29.5 Å². The van der Waals surface area contributed by atoms with Gasteiger partial charge < -0.3 is 9.47 Å². The lowest BCUT2D eigenvalue weighted by Gasteiger charge is -2.42. The van der Waals surface area contributed by atoms with Crippen molar-refractivity contribution in [1.82, 2.24) is 4.98 Å². The predicted octanol–water partition coefficient (Wildman–Crippen LogP) is 11.8. The molecular weight excluding hydrogens is 603 g/mol. The lowest BCUT2D eigenvalue weighted by molar-refractivity contribution is 0.154. The number of hydrogen-bond acceptors (Lipinski definition) is 5. The summed E-state index contributed by atoms with van der Waals surface area (Å²) in [7, 11) is 0. The van der Waals surface area contributed by atoms with Gasteiger partial charge in [0.05, 0.1) is 11.4 Å². The summed E-state index contributed by atoms with van der Waals surface area (Å²) in [6.07, 6.45) is 1.97. The first kappa shape index (κ1) is 34.7. The number of aryl methyl sites for hydroxylation is 2. The molecule has 5 heteroatoms. The van der Waals surface area contributed by atoms with E-state index < -0.39 is 0 Å². The largest absolute Gasteiger partial charge is 0.475 e. The third kappa shape index (κ3) is 6.37. The van der Waals surface area contributed by atoms with Gasteiger partial charge in [-0.1, -0.05) is 88.3 Å². The number of fused-ring (bicyclic) bond motifs is 2. The van der Waals surface area contributed by atoms with Crippen molar-refractivity contribution < 1.29 is 9.47 Å². The van der Waals surface area contributed by atoms with Gasteiger partial charge in [-0.3, -0.25) is 4.90 Å². The van der Waals surface area contributed by atoms with E-state index in [1.165, 1.54) is 22.3 Å². The van der Waals surface area contributed by atoms with E-state index in [4.69, 9.17) is 19.5 Å². The summed E-state index contributed by atoms with van der Waals surface area (Å²) < 4.78 is 13.1. The number of benzene rings is 3. The lowest BCUT2D eigenvalue weighted by atomic mass is 9.72. The summed E-state index contributed by atoms with van der Waals surface area (Å²) in [6, 6.07) is 22.1. The van der Waals surface area contributed by atoms with Gasteiger partial charge in [0.2, 0.25) is 5.90 Å². The zero-order valence-electron chi connectivity index (χ0n) is 32.2. The van der Waals surface area contributed by atoms with Gasteiger partial charge in [0, 0.05) is 28.8 Å². The van der Waals surface area contributed by atoms with Crippen LogP contribution in [0.4, 0.5) is 17.2 Å². The van der Waals surface area contributed by atoms with Crippen LogP contribution in [0.3, 0.4) is 0 Å². The van der Waals surface area contributed by atoms with Gasteiger partial charge in [0.25, 0.3) is 0 Å². The summed E-state index contributed by atoms with van der Waals surface area (Å²) in [5.41, 5.74) is 9.76. The van der Waals surface area contributed by atoms with Gasteiger partial charge >= 0.3 is 0 Å². The number of hydrogen-bond donors (Lipinski definition) is 0. The molecule has 3 aromatic carbocycles. The van der Waals surface area contributed by atoms with Crippen LogP contribution in [0.5, 0.6) is 11.5 Å². The average molecular weight is 658 g/mol. The highest BCUT2D eigenvalue weighted by Gasteiger charge is 2.43. The van der Waals surface area contributed by atoms with Crippen LogP contribution in [0.25, 0.3) is 0 Å². The maximum absolute atomic E-state index is 6.79. The summed E-state index contributed by atoms with van der Waals surface area (Å²) in [4.78, 5) is 12.5. The molecule has 6 rings (SSSR count). The van der Waals surface area contributed by atoms with Crippen LogP contribution >= 0.6 is 0 Å². The fraction of sp³-hybridized carbons (Fsp3) is 0.455. The van der Waals surface area contributed by atoms with Crippen LogP contribution in [0.2, 0.25) is 0 Å². The molecule has 0 aliphatic carbocycles. The first-order valence-corrected chi connectivity index (χ1v) is 17.7. The zero-order valence-corrected chi connectivity index (χ0v) is 32.2. The van der Waals surface area contributed by atoms with E-state index in [2.05, 4.69) is 162 Å². The molecule has 1 aromatic heterocycles. The minimum atomic E-state index is -0.303. The fourth-order valence-corrected chi connectivity index (χ4v) is 6.72. The molecule has 0 N–H and O–H groups in total. The fourth-order valence-electron chi connectivity index (χ4n) is 6.72.